The van der Waals surface area contributed by atoms with E-state index in [1.807, 2.05) is 24.3 Å². The Bertz CT molecular complexity index is 496. The molecule has 0 spiro atoms. The molecule has 1 aliphatic rings. The summed E-state index contributed by atoms with van der Waals surface area (Å²) in [4.78, 5) is 2.46. The van der Waals surface area contributed by atoms with Crippen molar-refractivity contribution in [2.75, 3.05) is 18.8 Å². The van der Waals surface area contributed by atoms with E-state index in [0.717, 1.165) is 31.1 Å². The number of hydrogen-bond acceptors (Lipinski definition) is 3. The first-order valence-corrected chi connectivity index (χ1v) is 6.91. The fourth-order valence-corrected chi connectivity index (χ4v) is 2.82. The number of hydrogen-bond donors (Lipinski definition) is 1. The summed E-state index contributed by atoms with van der Waals surface area (Å²) in [5, 5.41) is 0. The standard InChI is InChI=1S/C16H20N2O/c17-15-5-3-13(4-6-15)14-7-9-18(10-8-14)12-16-2-1-11-19-16/h1-6,11,14H,7-10,12,17H2. The Kier molecular flexibility index (Phi) is 3.56. The fraction of sp³-hybridized carbons (Fsp3) is 0.375. The van der Waals surface area contributed by atoms with E-state index in [9.17, 15) is 0 Å². The number of anilines is 1. The number of likely N-dealkylation sites (tertiary alicyclic amines) is 1. The smallest absolute Gasteiger partial charge is 0.117 e. The largest absolute Gasteiger partial charge is 0.468 e. The van der Waals surface area contributed by atoms with Gasteiger partial charge in [-0.15, -0.1) is 0 Å². The fourth-order valence-electron chi connectivity index (χ4n) is 2.82. The van der Waals surface area contributed by atoms with Gasteiger partial charge in [0.2, 0.25) is 0 Å². The van der Waals surface area contributed by atoms with Gasteiger partial charge in [0.05, 0.1) is 12.8 Å². The minimum absolute atomic E-state index is 0.674. The van der Waals surface area contributed by atoms with Crippen LogP contribution in [0.3, 0.4) is 0 Å². The highest BCUT2D eigenvalue weighted by Crippen LogP contribution is 2.29. The molecule has 1 aliphatic heterocycles. The van der Waals surface area contributed by atoms with Crippen molar-refractivity contribution < 1.29 is 4.42 Å². The van der Waals surface area contributed by atoms with Crippen LogP contribution in [0.2, 0.25) is 0 Å². The van der Waals surface area contributed by atoms with E-state index in [0.29, 0.717) is 5.92 Å². The van der Waals surface area contributed by atoms with E-state index in [4.69, 9.17) is 10.2 Å². The molecule has 3 nitrogen and oxygen atoms in total. The predicted octanol–water partition coefficient (Wildman–Crippen LogP) is 3.24. The van der Waals surface area contributed by atoms with E-state index in [2.05, 4.69) is 17.0 Å². The number of furan rings is 1. The van der Waals surface area contributed by atoms with Crippen molar-refractivity contribution in [1.82, 2.24) is 4.90 Å². The summed E-state index contributed by atoms with van der Waals surface area (Å²) in [6.45, 7) is 3.20. The summed E-state index contributed by atoms with van der Waals surface area (Å²) >= 11 is 0. The molecular weight excluding hydrogens is 236 g/mol. The maximum Gasteiger partial charge on any atom is 0.117 e. The Morgan fingerprint density at radius 1 is 1.11 bits per heavy atom. The third-order valence-electron chi connectivity index (χ3n) is 3.95. The highest BCUT2D eigenvalue weighted by atomic mass is 16.3. The molecule has 0 radical (unpaired) electrons. The van der Waals surface area contributed by atoms with Gasteiger partial charge >= 0.3 is 0 Å². The SMILES string of the molecule is Nc1ccc(C2CCN(Cc3ccco3)CC2)cc1. The molecule has 100 valence electrons. The van der Waals surface area contributed by atoms with Crippen LogP contribution >= 0.6 is 0 Å². The van der Waals surface area contributed by atoms with Crippen LogP contribution < -0.4 is 5.73 Å². The number of benzene rings is 1. The zero-order chi connectivity index (χ0) is 13.1. The van der Waals surface area contributed by atoms with Crippen LogP contribution in [0.5, 0.6) is 0 Å². The third kappa shape index (κ3) is 2.99. The van der Waals surface area contributed by atoms with Gasteiger partial charge in [0.15, 0.2) is 0 Å². The minimum Gasteiger partial charge on any atom is -0.468 e. The maximum absolute atomic E-state index is 5.74. The van der Waals surface area contributed by atoms with E-state index in [1.54, 1.807) is 6.26 Å². The zero-order valence-corrected chi connectivity index (χ0v) is 11.1. The third-order valence-corrected chi connectivity index (χ3v) is 3.95. The summed E-state index contributed by atoms with van der Waals surface area (Å²) < 4.78 is 5.41. The Hall–Kier alpha value is -1.74. The number of nitrogen functional groups attached to an aromatic ring is 1. The number of nitrogens with two attached hydrogens (primary N) is 1. The van der Waals surface area contributed by atoms with Crippen molar-refractivity contribution in [3.63, 3.8) is 0 Å². The summed E-state index contributed by atoms with van der Waals surface area (Å²) in [7, 11) is 0. The average molecular weight is 256 g/mol. The lowest BCUT2D eigenvalue weighted by Crippen LogP contribution is -2.32. The molecule has 19 heavy (non-hydrogen) atoms. The normalized spacial score (nSPS) is 17.7. The number of nitrogens with zero attached hydrogens (tertiary/aromatic N) is 1. The zero-order valence-electron chi connectivity index (χ0n) is 11.1. The Balaban J connectivity index is 1.56. The van der Waals surface area contributed by atoms with Crippen LogP contribution in [0.15, 0.2) is 47.1 Å². The Morgan fingerprint density at radius 3 is 2.47 bits per heavy atom. The van der Waals surface area contributed by atoms with Gasteiger partial charge in [-0.2, -0.15) is 0 Å². The molecule has 0 aliphatic carbocycles. The second-order valence-corrected chi connectivity index (χ2v) is 5.30. The molecule has 0 saturated carbocycles. The van der Waals surface area contributed by atoms with E-state index < -0.39 is 0 Å². The molecular formula is C16H20N2O. The van der Waals surface area contributed by atoms with Gasteiger partial charge in [0.1, 0.15) is 5.76 Å². The van der Waals surface area contributed by atoms with E-state index in [-0.39, 0.29) is 0 Å². The van der Waals surface area contributed by atoms with Crippen molar-refractivity contribution in [3.8, 4) is 0 Å². The topological polar surface area (TPSA) is 42.4 Å². The quantitative estimate of drug-likeness (QED) is 0.857. The van der Waals surface area contributed by atoms with Crippen LogP contribution in [0.1, 0.15) is 30.1 Å². The van der Waals surface area contributed by atoms with Gasteiger partial charge in [-0.05, 0) is 61.7 Å². The molecule has 3 rings (SSSR count). The molecule has 1 aromatic heterocycles. The van der Waals surface area contributed by atoms with Gasteiger partial charge < -0.3 is 10.2 Å². The molecule has 0 atom stereocenters. The molecule has 2 heterocycles. The van der Waals surface area contributed by atoms with Gasteiger partial charge in [-0.3, -0.25) is 4.90 Å². The molecule has 0 bridgehead atoms. The number of rotatable bonds is 3. The van der Waals surface area contributed by atoms with Crippen molar-refractivity contribution in [1.29, 1.82) is 0 Å². The first-order chi connectivity index (χ1) is 9.31. The monoisotopic (exact) mass is 256 g/mol. The molecule has 0 amide bonds. The van der Waals surface area contributed by atoms with Crippen molar-refractivity contribution in [2.24, 2.45) is 0 Å². The van der Waals surface area contributed by atoms with Gasteiger partial charge in [0, 0.05) is 5.69 Å². The van der Waals surface area contributed by atoms with Gasteiger partial charge in [0.25, 0.3) is 0 Å². The molecule has 0 unspecified atom stereocenters. The lowest BCUT2D eigenvalue weighted by molar-refractivity contribution is 0.191. The van der Waals surface area contributed by atoms with Crippen molar-refractivity contribution in [3.05, 3.63) is 54.0 Å². The minimum atomic E-state index is 0.674. The predicted molar refractivity (Wildman–Crippen MR) is 76.8 cm³/mol. The lowest BCUT2D eigenvalue weighted by Gasteiger charge is -2.31. The van der Waals surface area contributed by atoms with Crippen LogP contribution in [0.4, 0.5) is 5.69 Å². The second-order valence-electron chi connectivity index (χ2n) is 5.30. The summed E-state index contributed by atoms with van der Waals surface area (Å²) in [6.07, 6.45) is 4.17. The van der Waals surface area contributed by atoms with E-state index in [1.165, 1.54) is 18.4 Å². The number of piperidine rings is 1. The Morgan fingerprint density at radius 2 is 1.84 bits per heavy atom. The van der Waals surface area contributed by atoms with Gasteiger partial charge in [-0.1, -0.05) is 12.1 Å². The molecule has 2 aromatic rings. The van der Waals surface area contributed by atoms with Crippen molar-refractivity contribution in [2.45, 2.75) is 25.3 Å². The van der Waals surface area contributed by atoms with E-state index >= 15 is 0 Å². The molecule has 3 heteroatoms. The summed E-state index contributed by atoms with van der Waals surface area (Å²) in [5.41, 5.74) is 8.00. The molecule has 1 aromatic carbocycles. The summed E-state index contributed by atoms with van der Waals surface area (Å²) in [5.74, 6) is 1.74. The van der Waals surface area contributed by atoms with Crippen LogP contribution in [0.25, 0.3) is 0 Å². The van der Waals surface area contributed by atoms with Gasteiger partial charge in [-0.25, -0.2) is 0 Å². The molecule has 2 N–H and O–H groups in total. The molecule has 1 fully saturated rings. The summed E-state index contributed by atoms with van der Waals surface area (Å²) in [6, 6.07) is 12.3. The average Bonchev–Trinajstić information content (AvgIpc) is 2.94. The van der Waals surface area contributed by atoms with Crippen molar-refractivity contribution >= 4 is 5.69 Å². The highest BCUT2D eigenvalue weighted by Gasteiger charge is 2.20. The highest BCUT2D eigenvalue weighted by molar-refractivity contribution is 5.40. The van der Waals surface area contributed by atoms with Crippen LogP contribution in [-0.4, -0.2) is 18.0 Å². The molecule has 1 saturated heterocycles. The lowest BCUT2D eigenvalue weighted by atomic mass is 9.89. The first-order valence-electron chi connectivity index (χ1n) is 6.91. The second kappa shape index (κ2) is 5.49. The first kappa shape index (κ1) is 12.3. The maximum atomic E-state index is 5.74. The van der Waals surface area contributed by atoms with Crippen LogP contribution in [-0.2, 0) is 6.54 Å². The Labute approximate surface area is 114 Å². The van der Waals surface area contributed by atoms with Crippen LogP contribution in [0, 0.1) is 0 Å².